The quantitative estimate of drug-likeness (QED) is 0.799. The molecule has 0 saturated carbocycles. The summed E-state index contributed by atoms with van der Waals surface area (Å²) in [5, 5.41) is 16.0. The van der Waals surface area contributed by atoms with E-state index >= 15 is 0 Å². The van der Waals surface area contributed by atoms with Gasteiger partial charge >= 0.3 is 6.09 Å². The standard InChI is InChI=1S/C16H24N2O3/c1-11-7-12(8-16(20)9-17-10-16)5-6-13(11)18-14(19)21-15(2,3)4/h5-7,17,20H,8-10H2,1-4H3,(H,18,19). The smallest absolute Gasteiger partial charge is 0.412 e. The Morgan fingerprint density at radius 3 is 2.57 bits per heavy atom. The number of amides is 1. The SMILES string of the molecule is Cc1cc(CC2(O)CNC2)ccc1NC(=O)OC(C)(C)C. The summed E-state index contributed by atoms with van der Waals surface area (Å²) in [6.45, 7) is 8.68. The molecule has 0 bridgehead atoms. The molecule has 1 aliphatic heterocycles. The maximum absolute atomic E-state index is 11.8. The number of ether oxygens (including phenoxy) is 1. The van der Waals surface area contributed by atoms with Crippen LogP contribution < -0.4 is 10.6 Å². The average molecular weight is 292 g/mol. The van der Waals surface area contributed by atoms with Crippen molar-refractivity contribution in [2.45, 2.75) is 45.3 Å². The molecule has 2 rings (SSSR count). The largest absolute Gasteiger partial charge is 0.444 e. The van der Waals surface area contributed by atoms with Gasteiger partial charge in [0.15, 0.2) is 0 Å². The highest BCUT2D eigenvalue weighted by molar-refractivity contribution is 5.85. The first-order chi connectivity index (χ1) is 9.67. The van der Waals surface area contributed by atoms with E-state index in [9.17, 15) is 9.90 Å². The minimum atomic E-state index is -0.632. The van der Waals surface area contributed by atoms with Crippen molar-refractivity contribution in [2.75, 3.05) is 18.4 Å². The number of hydrogen-bond acceptors (Lipinski definition) is 4. The van der Waals surface area contributed by atoms with E-state index in [1.54, 1.807) is 0 Å². The van der Waals surface area contributed by atoms with Crippen LogP contribution in [0.3, 0.4) is 0 Å². The van der Waals surface area contributed by atoms with Crippen molar-refractivity contribution in [3.05, 3.63) is 29.3 Å². The number of rotatable bonds is 3. The fraction of sp³-hybridized carbons (Fsp3) is 0.562. The lowest BCUT2D eigenvalue weighted by Gasteiger charge is -2.37. The molecule has 0 aromatic heterocycles. The van der Waals surface area contributed by atoms with Crippen LogP contribution in [-0.4, -0.2) is 35.5 Å². The minimum Gasteiger partial charge on any atom is -0.444 e. The van der Waals surface area contributed by atoms with E-state index in [1.807, 2.05) is 45.9 Å². The third-order valence-electron chi connectivity index (χ3n) is 3.37. The van der Waals surface area contributed by atoms with Gasteiger partial charge in [-0.05, 0) is 44.9 Å². The third-order valence-corrected chi connectivity index (χ3v) is 3.37. The Bertz CT molecular complexity index is 531. The number of hydrogen-bond donors (Lipinski definition) is 3. The summed E-state index contributed by atoms with van der Waals surface area (Å²) >= 11 is 0. The van der Waals surface area contributed by atoms with Crippen molar-refractivity contribution in [1.82, 2.24) is 5.32 Å². The Kier molecular flexibility index (Phi) is 4.25. The van der Waals surface area contributed by atoms with Gasteiger partial charge in [-0.25, -0.2) is 4.79 Å². The molecule has 1 amide bonds. The van der Waals surface area contributed by atoms with Crippen LogP contribution >= 0.6 is 0 Å². The molecule has 0 unspecified atom stereocenters. The number of β-amino-alcohol motifs (C(OH)–C–C–N with tert-alkyl or cyclic N) is 1. The molecule has 5 heteroatoms. The summed E-state index contributed by atoms with van der Waals surface area (Å²) in [6.07, 6.45) is 0.160. The molecule has 1 aliphatic rings. The molecule has 116 valence electrons. The van der Waals surface area contributed by atoms with Crippen molar-refractivity contribution >= 4 is 11.8 Å². The van der Waals surface area contributed by atoms with Crippen LogP contribution in [0.1, 0.15) is 31.9 Å². The molecule has 0 spiro atoms. The fourth-order valence-electron chi connectivity index (χ4n) is 2.31. The second kappa shape index (κ2) is 5.66. The van der Waals surface area contributed by atoms with Gasteiger partial charge in [-0.15, -0.1) is 0 Å². The minimum absolute atomic E-state index is 0.458. The molecule has 1 aromatic carbocycles. The summed E-state index contributed by atoms with van der Waals surface area (Å²) in [5.41, 5.74) is 1.59. The Labute approximate surface area is 125 Å². The Balaban J connectivity index is 2.00. The van der Waals surface area contributed by atoms with Crippen molar-refractivity contribution in [2.24, 2.45) is 0 Å². The number of anilines is 1. The van der Waals surface area contributed by atoms with Crippen LogP contribution in [0.25, 0.3) is 0 Å². The first-order valence-corrected chi connectivity index (χ1v) is 7.20. The predicted octanol–water partition coefficient (Wildman–Crippen LogP) is 2.22. The highest BCUT2D eigenvalue weighted by Crippen LogP contribution is 2.22. The average Bonchev–Trinajstić information content (AvgIpc) is 2.28. The normalized spacial score (nSPS) is 17.0. The Morgan fingerprint density at radius 2 is 2.10 bits per heavy atom. The molecular formula is C16H24N2O3. The first kappa shape index (κ1) is 15.8. The molecule has 5 nitrogen and oxygen atoms in total. The van der Waals surface area contributed by atoms with Gasteiger partial charge in [0.25, 0.3) is 0 Å². The number of benzene rings is 1. The topological polar surface area (TPSA) is 70.6 Å². The molecule has 1 saturated heterocycles. The van der Waals surface area contributed by atoms with Gasteiger partial charge in [0.1, 0.15) is 5.60 Å². The summed E-state index contributed by atoms with van der Waals surface area (Å²) in [6, 6.07) is 5.77. The van der Waals surface area contributed by atoms with Gasteiger partial charge in [-0.2, -0.15) is 0 Å². The van der Waals surface area contributed by atoms with Crippen LogP contribution in [0.4, 0.5) is 10.5 Å². The molecular weight excluding hydrogens is 268 g/mol. The maximum Gasteiger partial charge on any atom is 0.412 e. The van der Waals surface area contributed by atoms with Gasteiger partial charge in [0, 0.05) is 25.2 Å². The first-order valence-electron chi connectivity index (χ1n) is 7.20. The monoisotopic (exact) mass is 292 g/mol. The van der Waals surface area contributed by atoms with Crippen LogP contribution in [0.5, 0.6) is 0 Å². The second-order valence-corrected chi connectivity index (χ2v) is 6.78. The van der Waals surface area contributed by atoms with Crippen LogP contribution in [-0.2, 0) is 11.2 Å². The lowest BCUT2D eigenvalue weighted by atomic mass is 9.88. The van der Waals surface area contributed by atoms with Gasteiger partial charge in [0.2, 0.25) is 0 Å². The van der Waals surface area contributed by atoms with Gasteiger partial charge in [-0.1, -0.05) is 12.1 Å². The number of carbonyl (C=O) groups is 1. The number of aryl methyl sites for hydroxylation is 1. The predicted molar refractivity (Wildman–Crippen MR) is 82.6 cm³/mol. The van der Waals surface area contributed by atoms with E-state index in [0.29, 0.717) is 19.5 Å². The fourth-order valence-corrected chi connectivity index (χ4v) is 2.31. The van der Waals surface area contributed by atoms with E-state index in [0.717, 1.165) is 16.8 Å². The number of nitrogens with one attached hydrogen (secondary N) is 2. The zero-order valence-electron chi connectivity index (χ0n) is 13.1. The second-order valence-electron chi connectivity index (χ2n) is 6.78. The molecule has 0 aliphatic carbocycles. The molecule has 1 aromatic rings. The third kappa shape index (κ3) is 4.44. The van der Waals surface area contributed by atoms with Crippen LogP contribution in [0, 0.1) is 6.92 Å². The van der Waals surface area contributed by atoms with Gasteiger partial charge in [0.05, 0.1) is 5.60 Å². The number of carbonyl (C=O) groups excluding carboxylic acids is 1. The molecule has 3 N–H and O–H groups in total. The van der Waals surface area contributed by atoms with Gasteiger partial charge in [-0.3, -0.25) is 5.32 Å². The van der Waals surface area contributed by atoms with E-state index in [2.05, 4.69) is 10.6 Å². The zero-order chi connectivity index (χ0) is 15.7. The maximum atomic E-state index is 11.8. The lowest BCUT2D eigenvalue weighted by molar-refractivity contribution is -0.00903. The summed E-state index contributed by atoms with van der Waals surface area (Å²) in [4.78, 5) is 11.8. The highest BCUT2D eigenvalue weighted by atomic mass is 16.6. The summed E-state index contributed by atoms with van der Waals surface area (Å²) in [5.74, 6) is 0. The summed E-state index contributed by atoms with van der Waals surface area (Å²) in [7, 11) is 0. The van der Waals surface area contributed by atoms with E-state index in [4.69, 9.17) is 4.74 Å². The lowest BCUT2D eigenvalue weighted by Crippen LogP contribution is -2.60. The number of aliphatic hydroxyl groups is 1. The van der Waals surface area contributed by atoms with Crippen molar-refractivity contribution in [3.63, 3.8) is 0 Å². The highest BCUT2D eigenvalue weighted by Gasteiger charge is 2.34. The van der Waals surface area contributed by atoms with E-state index in [1.165, 1.54) is 0 Å². The van der Waals surface area contributed by atoms with Crippen molar-refractivity contribution < 1.29 is 14.6 Å². The molecule has 1 heterocycles. The zero-order valence-corrected chi connectivity index (χ0v) is 13.1. The van der Waals surface area contributed by atoms with E-state index < -0.39 is 17.3 Å². The Hall–Kier alpha value is -1.59. The van der Waals surface area contributed by atoms with Crippen molar-refractivity contribution in [3.8, 4) is 0 Å². The summed E-state index contributed by atoms with van der Waals surface area (Å²) < 4.78 is 5.24. The van der Waals surface area contributed by atoms with Crippen molar-refractivity contribution in [1.29, 1.82) is 0 Å². The molecule has 1 fully saturated rings. The van der Waals surface area contributed by atoms with Crippen LogP contribution in [0.15, 0.2) is 18.2 Å². The van der Waals surface area contributed by atoms with Gasteiger partial charge < -0.3 is 15.2 Å². The van der Waals surface area contributed by atoms with Crippen LogP contribution in [0.2, 0.25) is 0 Å². The molecule has 21 heavy (non-hydrogen) atoms. The molecule has 0 atom stereocenters. The Morgan fingerprint density at radius 1 is 1.43 bits per heavy atom. The van der Waals surface area contributed by atoms with E-state index in [-0.39, 0.29) is 0 Å². The molecule has 0 radical (unpaired) electrons.